The Morgan fingerprint density at radius 1 is 1.58 bits per heavy atom. The molecule has 0 aromatic heterocycles. The number of hydrogen-bond donors (Lipinski definition) is 2. The number of aliphatic hydroxyl groups excluding tert-OH is 1. The lowest BCUT2D eigenvalue weighted by atomic mass is 9.88. The van der Waals surface area contributed by atoms with Crippen LogP contribution in [0.25, 0.3) is 0 Å². The van der Waals surface area contributed by atoms with E-state index < -0.39 is 0 Å². The molecule has 0 saturated heterocycles. The van der Waals surface area contributed by atoms with Gasteiger partial charge in [-0.3, -0.25) is 0 Å². The fraction of sp³-hybridized carbons (Fsp3) is 0.600. The average Bonchev–Trinajstić information content (AvgIpc) is 2.40. The number of nitrogens with two attached hydrogens (primary N) is 1. The molecule has 0 spiro atoms. The summed E-state index contributed by atoms with van der Waals surface area (Å²) in [6, 6.07) is 2.07. The summed E-state index contributed by atoms with van der Waals surface area (Å²) < 4.78 is 11.3. The Bertz CT molecular complexity index is 457. The number of aryl methyl sites for hydroxylation is 1. The number of methoxy groups -OCH3 is 1. The van der Waals surface area contributed by atoms with Gasteiger partial charge in [0.05, 0.1) is 13.7 Å². The quantitative estimate of drug-likeness (QED) is 0.864. The number of hydrogen-bond acceptors (Lipinski definition) is 4. The molecule has 2 rings (SSSR count). The van der Waals surface area contributed by atoms with Crippen molar-refractivity contribution in [3.63, 3.8) is 0 Å². The molecule has 0 radical (unpaired) electrons. The fourth-order valence-electron chi connectivity index (χ4n) is 2.68. The molecular formula is C15H23NO3. The van der Waals surface area contributed by atoms with Crippen molar-refractivity contribution in [2.75, 3.05) is 20.3 Å². The third-order valence-corrected chi connectivity index (χ3v) is 3.60. The van der Waals surface area contributed by atoms with Gasteiger partial charge in [-0.15, -0.1) is 0 Å². The molecule has 3 N–H and O–H groups in total. The molecule has 2 atom stereocenters. The second-order valence-electron chi connectivity index (χ2n) is 5.43. The maximum absolute atomic E-state index is 9.35. The Hall–Kier alpha value is -1.26. The SMILES string of the molecule is COc1cc(C)c2c(c1CC(C)N)CC(CO)CO2. The Balaban J connectivity index is 2.49. The van der Waals surface area contributed by atoms with E-state index in [1.165, 1.54) is 0 Å². The Morgan fingerprint density at radius 2 is 2.32 bits per heavy atom. The fourth-order valence-corrected chi connectivity index (χ4v) is 2.68. The second kappa shape index (κ2) is 5.80. The third-order valence-electron chi connectivity index (χ3n) is 3.60. The van der Waals surface area contributed by atoms with E-state index in [9.17, 15) is 5.11 Å². The summed E-state index contributed by atoms with van der Waals surface area (Å²) in [5.74, 6) is 1.97. The van der Waals surface area contributed by atoms with Crippen LogP contribution in [-0.4, -0.2) is 31.5 Å². The van der Waals surface area contributed by atoms with Crippen LogP contribution in [0.4, 0.5) is 0 Å². The second-order valence-corrected chi connectivity index (χ2v) is 5.43. The molecule has 0 bridgehead atoms. The molecular weight excluding hydrogens is 242 g/mol. The van der Waals surface area contributed by atoms with Crippen LogP contribution in [0.1, 0.15) is 23.6 Å². The van der Waals surface area contributed by atoms with Gasteiger partial charge in [0.1, 0.15) is 11.5 Å². The third kappa shape index (κ3) is 2.85. The first-order valence-corrected chi connectivity index (χ1v) is 6.75. The minimum Gasteiger partial charge on any atom is -0.496 e. The molecule has 1 aromatic rings. The first-order chi connectivity index (χ1) is 9.06. The highest BCUT2D eigenvalue weighted by molar-refractivity contribution is 5.54. The van der Waals surface area contributed by atoms with Crippen LogP contribution in [0.5, 0.6) is 11.5 Å². The molecule has 1 aliphatic heterocycles. The first-order valence-electron chi connectivity index (χ1n) is 6.75. The zero-order valence-corrected chi connectivity index (χ0v) is 11.9. The average molecular weight is 265 g/mol. The highest BCUT2D eigenvalue weighted by Gasteiger charge is 2.26. The smallest absolute Gasteiger partial charge is 0.125 e. The van der Waals surface area contributed by atoms with Gasteiger partial charge >= 0.3 is 0 Å². The van der Waals surface area contributed by atoms with Crippen LogP contribution in [-0.2, 0) is 12.8 Å². The lowest BCUT2D eigenvalue weighted by molar-refractivity contribution is 0.145. The molecule has 4 heteroatoms. The number of aliphatic hydroxyl groups is 1. The van der Waals surface area contributed by atoms with Crippen LogP contribution in [0, 0.1) is 12.8 Å². The minimum atomic E-state index is 0.0650. The molecule has 1 aliphatic rings. The highest BCUT2D eigenvalue weighted by atomic mass is 16.5. The molecule has 0 aliphatic carbocycles. The molecule has 1 aromatic carbocycles. The topological polar surface area (TPSA) is 64.7 Å². The number of fused-ring (bicyclic) bond motifs is 1. The zero-order chi connectivity index (χ0) is 14.0. The van der Waals surface area contributed by atoms with Crippen molar-refractivity contribution in [2.24, 2.45) is 11.7 Å². The van der Waals surface area contributed by atoms with Crippen LogP contribution in [0.2, 0.25) is 0 Å². The van der Waals surface area contributed by atoms with Gasteiger partial charge in [-0.2, -0.15) is 0 Å². The maximum Gasteiger partial charge on any atom is 0.125 e. The number of ether oxygens (including phenoxy) is 2. The highest BCUT2D eigenvalue weighted by Crippen LogP contribution is 2.39. The van der Waals surface area contributed by atoms with Crippen LogP contribution in [0.3, 0.4) is 0 Å². The van der Waals surface area contributed by atoms with Gasteiger partial charge in [-0.05, 0) is 38.3 Å². The summed E-state index contributed by atoms with van der Waals surface area (Å²) in [6.07, 6.45) is 1.58. The summed E-state index contributed by atoms with van der Waals surface area (Å²) >= 11 is 0. The molecule has 4 nitrogen and oxygen atoms in total. The van der Waals surface area contributed by atoms with E-state index in [2.05, 4.69) is 0 Å². The largest absolute Gasteiger partial charge is 0.496 e. The van der Waals surface area contributed by atoms with E-state index in [4.69, 9.17) is 15.2 Å². The monoisotopic (exact) mass is 265 g/mol. The van der Waals surface area contributed by atoms with Crippen LogP contribution >= 0.6 is 0 Å². The molecule has 0 fully saturated rings. The normalized spacial score (nSPS) is 19.5. The molecule has 0 saturated carbocycles. The minimum absolute atomic E-state index is 0.0650. The van der Waals surface area contributed by atoms with Crippen molar-refractivity contribution in [3.8, 4) is 11.5 Å². The Morgan fingerprint density at radius 3 is 2.89 bits per heavy atom. The maximum atomic E-state index is 9.35. The Kier molecular flexibility index (Phi) is 4.32. The van der Waals surface area contributed by atoms with E-state index in [0.29, 0.717) is 6.61 Å². The van der Waals surface area contributed by atoms with Gasteiger partial charge in [0, 0.05) is 29.7 Å². The van der Waals surface area contributed by atoms with Gasteiger partial charge in [0.15, 0.2) is 0 Å². The number of benzene rings is 1. The van der Waals surface area contributed by atoms with Gasteiger partial charge in [0.2, 0.25) is 0 Å². The van der Waals surface area contributed by atoms with Crippen molar-refractivity contribution in [2.45, 2.75) is 32.7 Å². The van der Waals surface area contributed by atoms with Crippen molar-refractivity contribution in [1.82, 2.24) is 0 Å². The predicted octanol–water partition coefficient (Wildman–Crippen LogP) is 1.44. The predicted molar refractivity (Wildman–Crippen MR) is 74.9 cm³/mol. The molecule has 1 heterocycles. The van der Waals surface area contributed by atoms with Crippen LogP contribution < -0.4 is 15.2 Å². The summed E-state index contributed by atoms with van der Waals surface area (Å²) in [6.45, 7) is 4.73. The molecule has 0 amide bonds. The standard InChI is InChI=1S/C15H23NO3/c1-9-4-14(18-3)12(5-10(2)16)13-6-11(7-17)8-19-15(9)13/h4,10-11,17H,5-8,16H2,1-3H3. The molecule has 106 valence electrons. The van der Waals surface area contributed by atoms with Gasteiger partial charge in [-0.1, -0.05) is 0 Å². The van der Waals surface area contributed by atoms with Gasteiger partial charge in [0.25, 0.3) is 0 Å². The van der Waals surface area contributed by atoms with Crippen LogP contribution in [0.15, 0.2) is 6.07 Å². The molecule has 2 unspecified atom stereocenters. The number of rotatable bonds is 4. The van der Waals surface area contributed by atoms with E-state index in [0.717, 1.165) is 41.0 Å². The van der Waals surface area contributed by atoms with E-state index in [-0.39, 0.29) is 18.6 Å². The first kappa shape index (κ1) is 14.2. The Labute approximate surface area is 114 Å². The summed E-state index contributed by atoms with van der Waals surface area (Å²) in [5.41, 5.74) is 9.29. The van der Waals surface area contributed by atoms with Gasteiger partial charge in [-0.25, -0.2) is 0 Å². The van der Waals surface area contributed by atoms with E-state index in [1.54, 1.807) is 7.11 Å². The summed E-state index contributed by atoms with van der Waals surface area (Å²) in [5, 5.41) is 9.35. The summed E-state index contributed by atoms with van der Waals surface area (Å²) in [4.78, 5) is 0. The van der Waals surface area contributed by atoms with Crippen molar-refractivity contribution < 1.29 is 14.6 Å². The van der Waals surface area contributed by atoms with Crippen molar-refractivity contribution >= 4 is 0 Å². The van der Waals surface area contributed by atoms with Crippen molar-refractivity contribution in [3.05, 3.63) is 22.8 Å². The van der Waals surface area contributed by atoms with Crippen molar-refractivity contribution in [1.29, 1.82) is 0 Å². The van der Waals surface area contributed by atoms with Gasteiger partial charge < -0.3 is 20.3 Å². The molecule has 19 heavy (non-hydrogen) atoms. The zero-order valence-electron chi connectivity index (χ0n) is 11.9. The van der Waals surface area contributed by atoms with E-state index >= 15 is 0 Å². The summed E-state index contributed by atoms with van der Waals surface area (Å²) in [7, 11) is 1.68. The van der Waals surface area contributed by atoms with E-state index in [1.807, 2.05) is 19.9 Å². The lowest BCUT2D eigenvalue weighted by Crippen LogP contribution is -2.27. The lowest BCUT2D eigenvalue weighted by Gasteiger charge is -2.29.